The quantitative estimate of drug-likeness (QED) is 0.299. The van der Waals surface area contributed by atoms with Crippen LogP contribution in [0.5, 0.6) is 0 Å². The molecule has 1 rings (SSSR count). The SMILES string of the molecule is CCCCCCCCCCCCCCCCCCc1ncncn1. The van der Waals surface area contributed by atoms with Crippen molar-refractivity contribution in [2.45, 2.75) is 116 Å². The third-order valence-electron chi connectivity index (χ3n) is 4.80. The van der Waals surface area contributed by atoms with E-state index in [0.29, 0.717) is 0 Å². The highest BCUT2D eigenvalue weighted by Crippen LogP contribution is 2.13. The summed E-state index contributed by atoms with van der Waals surface area (Å²) >= 11 is 0. The monoisotopic (exact) mass is 333 g/mol. The van der Waals surface area contributed by atoms with E-state index in [4.69, 9.17) is 0 Å². The number of rotatable bonds is 17. The number of unbranched alkanes of at least 4 members (excludes halogenated alkanes) is 15. The lowest BCUT2D eigenvalue weighted by atomic mass is 10.0. The summed E-state index contributed by atoms with van der Waals surface area (Å²) < 4.78 is 0. The first-order chi connectivity index (χ1) is 11.9. The Morgan fingerprint density at radius 1 is 0.542 bits per heavy atom. The van der Waals surface area contributed by atoms with E-state index in [-0.39, 0.29) is 0 Å². The maximum absolute atomic E-state index is 4.16. The van der Waals surface area contributed by atoms with Gasteiger partial charge in [-0.15, -0.1) is 0 Å². The van der Waals surface area contributed by atoms with Crippen molar-refractivity contribution in [3.05, 3.63) is 18.5 Å². The summed E-state index contributed by atoms with van der Waals surface area (Å²) in [6.45, 7) is 2.29. The van der Waals surface area contributed by atoms with Gasteiger partial charge in [-0.05, 0) is 6.42 Å². The fourth-order valence-electron chi connectivity index (χ4n) is 3.22. The largest absolute Gasteiger partial charge is 0.225 e. The topological polar surface area (TPSA) is 38.7 Å². The van der Waals surface area contributed by atoms with Crippen LogP contribution in [0.4, 0.5) is 0 Å². The molecule has 0 aromatic carbocycles. The summed E-state index contributed by atoms with van der Waals surface area (Å²) in [6.07, 6.45) is 26.8. The Hall–Kier alpha value is -0.990. The van der Waals surface area contributed by atoms with E-state index in [0.717, 1.165) is 12.2 Å². The average molecular weight is 334 g/mol. The Labute approximate surface area is 150 Å². The first-order valence-corrected chi connectivity index (χ1v) is 10.5. The summed E-state index contributed by atoms with van der Waals surface area (Å²) in [7, 11) is 0. The highest BCUT2D eigenvalue weighted by atomic mass is 15.0. The lowest BCUT2D eigenvalue weighted by molar-refractivity contribution is 0.528. The van der Waals surface area contributed by atoms with Gasteiger partial charge < -0.3 is 0 Å². The maximum Gasteiger partial charge on any atom is 0.131 e. The molecule has 0 aliphatic rings. The van der Waals surface area contributed by atoms with E-state index in [1.807, 2.05) is 0 Å². The van der Waals surface area contributed by atoms with Gasteiger partial charge in [0.1, 0.15) is 18.5 Å². The van der Waals surface area contributed by atoms with E-state index in [1.165, 1.54) is 103 Å². The molecule has 1 heterocycles. The first-order valence-electron chi connectivity index (χ1n) is 10.5. The molecule has 0 bridgehead atoms. The molecule has 0 amide bonds. The molecule has 3 heteroatoms. The normalized spacial score (nSPS) is 11.0. The van der Waals surface area contributed by atoms with Gasteiger partial charge in [0.15, 0.2) is 0 Å². The van der Waals surface area contributed by atoms with E-state index in [2.05, 4.69) is 21.9 Å². The fraction of sp³-hybridized carbons (Fsp3) is 0.857. The molecule has 24 heavy (non-hydrogen) atoms. The summed E-state index contributed by atoms with van der Waals surface area (Å²) in [5.74, 6) is 0.940. The molecule has 0 radical (unpaired) electrons. The Bertz CT molecular complexity index is 353. The van der Waals surface area contributed by atoms with Crippen molar-refractivity contribution in [3.8, 4) is 0 Å². The minimum Gasteiger partial charge on any atom is -0.225 e. The smallest absolute Gasteiger partial charge is 0.131 e. The zero-order valence-corrected chi connectivity index (χ0v) is 16.0. The molecule has 0 fully saturated rings. The van der Waals surface area contributed by atoms with E-state index in [1.54, 1.807) is 12.7 Å². The van der Waals surface area contributed by atoms with Crippen molar-refractivity contribution in [1.82, 2.24) is 15.0 Å². The van der Waals surface area contributed by atoms with Gasteiger partial charge in [0.05, 0.1) is 0 Å². The van der Waals surface area contributed by atoms with Gasteiger partial charge in [-0.3, -0.25) is 0 Å². The van der Waals surface area contributed by atoms with Crippen molar-refractivity contribution in [1.29, 1.82) is 0 Å². The predicted octanol–water partition coefficient (Wildman–Crippen LogP) is 6.68. The Kier molecular flexibility index (Phi) is 14.8. The number of nitrogens with zero attached hydrogens (tertiary/aromatic N) is 3. The Morgan fingerprint density at radius 3 is 1.33 bits per heavy atom. The molecule has 0 spiro atoms. The minimum absolute atomic E-state index is 0.940. The van der Waals surface area contributed by atoms with E-state index in [9.17, 15) is 0 Å². The fourth-order valence-corrected chi connectivity index (χ4v) is 3.22. The number of hydrogen-bond acceptors (Lipinski definition) is 3. The Morgan fingerprint density at radius 2 is 0.917 bits per heavy atom. The molecule has 0 aliphatic heterocycles. The summed E-state index contributed by atoms with van der Waals surface area (Å²) in [4.78, 5) is 12.2. The van der Waals surface area contributed by atoms with Crippen molar-refractivity contribution in [2.24, 2.45) is 0 Å². The van der Waals surface area contributed by atoms with E-state index < -0.39 is 0 Å². The lowest BCUT2D eigenvalue weighted by Gasteiger charge is -2.03. The van der Waals surface area contributed by atoms with Gasteiger partial charge >= 0.3 is 0 Å². The van der Waals surface area contributed by atoms with Crippen LogP contribution in [0, 0.1) is 0 Å². The van der Waals surface area contributed by atoms with Crippen LogP contribution < -0.4 is 0 Å². The standard InChI is InChI=1S/C21H39N3/c1-2-3-4-5-6-7-8-9-10-11-12-13-14-15-16-17-18-21-23-19-22-20-24-21/h19-20H,2-18H2,1H3. The van der Waals surface area contributed by atoms with E-state index >= 15 is 0 Å². The molecule has 138 valence electrons. The van der Waals surface area contributed by atoms with Crippen LogP contribution >= 0.6 is 0 Å². The molecular formula is C21H39N3. The second-order valence-electron chi connectivity index (χ2n) is 7.11. The van der Waals surface area contributed by atoms with Crippen LogP contribution in [0.2, 0.25) is 0 Å². The molecule has 0 atom stereocenters. The zero-order valence-electron chi connectivity index (χ0n) is 16.0. The number of aromatic nitrogens is 3. The van der Waals surface area contributed by atoms with Crippen LogP contribution in [0.25, 0.3) is 0 Å². The van der Waals surface area contributed by atoms with Crippen LogP contribution in [0.1, 0.15) is 115 Å². The van der Waals surface area contributed by atoms with Crippen LogP contribution in [-0.4, -0.2) is 15.0 Å². The van der Waals surface area contributed by atoms with Gasteiger partial charge in [-0.25, -0.2) is 15.0 Å². The maximum atomic E-state index is 4.16. The van der Waals surface area contributed by atoms with Gasteiger partial charge in [-0.1, -0.05) is 103 Å². The molecule has 1 aromatic heterocycles. The molecular weight excluding hydrogens is 294 g/mol. The molecule has 0 N–H and O–H groups in total. The number of hydrogen-bond donors (Lipinski definition) is 0. The second-order valence-corrected chi connectivity index (χ2v) is 7.11. The average Bonchev–Trinajstić information content (AvgIpc) is 2.62. The van der Waals surface area contributed by atoms with Crippen LogP contribution in [-0.2, 0) is 6.42 Å². The van der Waals surface area contributed by atoms with Crippen molar-refractivity contribution in [3.63, 3.8) is 0 Å². The first kappa shape index (κ1) is 21.1. The van der Waals surface area contributed by atoms with Gasteiger partial charge in [0.2, 0.25) is 0 Å². The molecule has 1 aromatic rings. The summed E-state index contributed by atoms with van der Waals surface area (Å²) in [5.41, 5.74) is 0. The molecule has 0 saturated carbocycles. The van der Waals surface area contributed by atoms with Crippen molar-refractivity contribution >= 4 is 0 Å². The third-order valence-corrected chi connectivity index (χ3v) is 4.80. The number of aryl methyl sites for hydroxylation is 1. The highest BCUT2D eigenvalue weighted by molar-refractivity contribution is 4.80. The van der Waals surface area contributed by atoms with Crippen molar-refractivity contribution < 1.29 is 0 Å². The molecule has 0 aliphatic carbocycles. The van der Waals surface area contributed by atoms with Gasteiger partial charge in [-0.2, -0.15) is 0 Å². The summed E-state index contributed by atoms with van der Waals surface area (Å²) in [6, 6.07) is 0. The molecule has 0 unspecified atom stereocenters. The van der Waals surface area contributed by atoms with Gasteiger partial charge in [0, 0.05) is 6.42 Å². The molecule has 0 saturated heterocycles. The highest BCUT2D eigenvalue weighted by Gasteiger charge is 1.97. The van der Waals surface area contributed by atoms with Crippen molar-refractivity contribution in [2.75, 3.05) is 0 Å². The van der Waals surface area contributed by atoms with Gasteiger partial charge in [0.25, 0.3) is 0 Å². The second kappa shape index (κ2) is 16.9. The lowest BCUT2D eigenvalue weighted by Crippen LogP contribution is -1.94. The molecule has 3 nitrogen and oxygen atoms in total. The zero-order chi connectivity index (χ0) is 17.1. The minimum atomic E-state index is 0.940. The predicted molar refractivity (Wildman–Crippen MR) is 103 cm³/mol. The van der Waals surface area contributed by atoms with Crippen LogP contribution in [0.15, 0.2) is 12.7 Å². The Balaban J connectivity index is 1.70. The third kappa shape index (κ3) is 13.4. The van der Waals surface area contributed by atoms with Crippen LogP contribution in [0.3, 0.4) is 0 Å². The summed E-state index contributed by atoms with van der Waals surface area (Å²) in [5, 5.41) is 0.